The molecule has 0 aliphatic carbocycles. The molecule has 1 aromatic carbocycles. The van der Waals surface area contributed by atoms with Crippen molar-refractivity contribution in [2.75, 3.05) is 5.32 Å². The number of rotatable bonds is 3. The van der Waals surface area contributed by atoms with E-state index in [2.05, 4.69) is 15.3 Å². The molecule has 1 aromatic heterocycles. The van der Waals surface area contributed by atoms with Crippen molar-refractivity contribution in [2.24, 2.45) is 0 Å². The number of nitrogens with zero attached hydrogens (tertiary/aromatic N) is 2. The zero-order chi connectivity index (χ0) is 15.6. The van der Waals surface area contributed by atoms with Gasteiger partial charge in [0.25, 0.3) is 5.91 Å². The minimum absolute atomic E-state index is 0.0114. The average molecular weight is 287 g/mol. The molecule has 0 saturated carbocycles. The van der Waals surface area contributed by atoms with E-state index in [-0.39, 0.29) is 11.5 Å². The molecule has 1 heterocycles. The van der Waals surface area contributed by atoms with E-state index in [0.717, 1.165) is 11.3 Å². The van der Waals surface area contributed by atoms with Crippen LogP contribution in [0.3, 0.4) is 0 Å². The molecule has 4 nitrogen and oxygen atoms in total. The second-order valence-electron chi connectivity index (χ2n) is 5.34. The number of amides is 1. The van der Waals surface area contributed by atoms with Crippen LogP contribution in [0.15, 0.2) is 24.3 Å². The van der Waals surface area contributed by atoms with Gasteiger partial charge in [0.1, 0.15) is 17.5 Å². The van der Waals surface area contributed by atoms with E-state index in [1.54, 1.807) is 12.1 Å². The molecular weight excluding hydrogens is 269 g/mol. The van der Waals surface area contributed by atoms with Crippen LogP contribution in [0, 0.1) is 19.7 Å². The van der Waals surface area contributed by atoms with Gasteiger partial charge < -0.3 is 5.32 Å². The first-order chi connectivity index (χ1) is 9.86. The van der Waals surface area contributed by atoms with Gasteiger partial charge in [0.05, 0.1) is 5.56 Å². The van der Waals surface area contributed by atoms with Crippen LogP contribution in [0.25, 0.3) is 0 Å². The Labute approximate surface area is 123 Å². The molecular formula is C16H18FN3O. The maximum absolute atomic E-state index is 13.7. The fourth-order valence-electron chi connectivity index (χ4n) is 1.91. The Kier molecular flexibility index (Phi) is 4.31. The van der Waals surface area contributed by atoms with E-state index in [0.29, 0.717) is 11.6 Å². The van der Waals surface area contributed by atoms with Crippen LogP contribution in [0.1, 0.15) is 47.2 Å². The topological polar surface area (TPSA) is 54.9 Å². The SMILES string of the molecule is Cc1ccc(F)c(C(=O)Nc2cc(C)nc(C(C)C)n2)c1. The molecule has 0 spiro atoms. The lowest BCUT2D eigenvalue weighted by Crippen LogP contribution is -2.16. The van der Waals surface area contributed by atoms with Gasteiger partial charge >= 0.3 is 0 Å². The summed E-state index contributed by atoms with van der Waals surface area (Å²) in [5.74, 6) is 0.125. The molecule has 0 aliphatic rings. The quantitative estimate of drug-likeness (QED) is 0.938. The molecule has 2 aromatic rings. The molecule has 0 aliphatic heterocycles. The van der Waals surface area contributed by atoms with Crippen LogP contribution < -0.4 is 5.32 Å². The summed E-state index contributed by atoms with van der Waals surface area (Å²) in [4.78, 5) is 20.8. The third kappa shape index (κ3) is 3.62. The third-order valence-corrected chi connectivity index (χ3v) is 3.00. The number of aryl methyl sites for hydroxylation is 2. The van der Waals surface area contributed by atoms with Crippen molar-refractivity contribution in [1.82, 2.24) is 9.97 Å². The van der Waals surface area contributed by atoms with Gasteiger partial charge in [-0.3, -0.25) is 4.79 Å². The van der Waals surface area contributed by atoms with Gasteiger partial charge in [0.15, 0.2) is 0 Å². The van der Waals surface area contributed by atoms with Crippen molar-refractivity contribution in [3.05, 3.63) is 52.7 Å². The zero-order valence-electron chi connectivity index (χ0n) is 12.6. The highest BCUT2D eigenvalue weighted by molar-refractivity contribution is 6.04. The van der Waals surface area contributed by atoms with Crippen LogP contribution in [-0.4, -0.2) is 15.9 Å². The smallest absolute Gasteiger partial charge is 0.259 e. The second-order valence-corrected chi connectivity index (χ2v) is 5.34. The molecule has 0 saturated heterocycles. The summed E-state index contributed by atoms with van der Waals surface area (Å²) in [6.07, 6.45) is 0. The minimum Gasteiger partial charge on any atom is -0.306 e. The normalized spacial score (nSPS) is 10.8. The number of anilines is 1. The van der Waals surface area contributed by atoms with E-state index < -0.39 is 11.7 Å². The van der Waals surface area contributed by atoms with Crippen LogP contribution in [-0.2, 0) is 0 Å². The summed E-state index contributed by atoms with van der Waals surface area (Å²) in [6.45, 7) is 7.58. The molecule has 0 radical (unpaired) electrons. The Morgan fingerprint density at radius 1 is 1.19 bits per heavy atom. The van der Waals surface area contributed by atoms with Gasteiger partial charge in [0, 0.05) is 17.7 Å². The molecule has 0 atom stereocenters. The maximum Gasteiger partial charge on any atom is 0.259 e. The fourth-order valence-corrected chi connectivity index (χ4v) is 1.91. The summed E-state index contributed by atoms with van der Waals surface area (Å²) in [5.41, 5.74) is 1.59. The van der Waals surface area contributed by atoms with E-state index in [1.165, 1.54) is 12.1 Å². The first kappa shape index (κ1) is 15.1. The molecule has 0 fully saturated rings. The number of carbonyl (C=O) groups is 1. The number of aromatic nitrogens is 2. The number of nitrogens with one attached hydrogen (secondary N) is 1. The van der Waals surface area contributed by atoms with Crippen LogP contribution in [0.4, 0.5) is 10.2 Å². The predicted molar refractivity (Wildman–Crippen MR) is 79.9 cm³/mol. The largest absolute Gasteiger partial charge is 0.306 e. The van der Waals surface area contributed by atoms with Gasteiger partial charge in [-0.1, -0.05) is 25.5 Å². The molecule has 0 bridgehead atoms. The van der Waals surface area contributed by atoms with Crippen LogP contribution in [0.2, 0.25) is 0 Å². The average Bonchev–Trinajstić information content (AvgIpc) is 2.40. The van der Waals surface area contributed by atoms with E-state index in [4.69, 9.17) is 0 Å². The first-order valence-electron chi connectivity index (χ1n) is 6.80. The predicted octanol–water partition coefficient (Wildman–Crippen LogP) is 3.61. The molecule has 5 heteroatoms. The minimum atomic E-state index is -0.548. The number of hydrogen-bond donors (Lipinski definition) is 1. The van der Waals surface area contributed by atoms with E-state index >= 15 is 0 Å². The van der Waals surface area contributed by atoms with Crippen molar-refractivity contribution < 1.29 is 9.18 Å². The number of carbonyl (C=O) groups excluding carboxylic acids is 1. The van der Waals surface area contributed by atoms with Crippen LogP contribution >= 0.6 is 0 Å². The van der Waals surface area contributed by atoms with Crippen molar-refractivity contribution in [3.63, 3.8) is 0 Å². The van der Waals surface area contributed by atoms with Crippen molar-refractivity contribution in [1.29, 1.82) is 0 Å². The van der Waals surface area contributed by atoms with Crippen molar-refractivity contribution in [2.45, 2.75) is 33.6 Å². The molecule has 2 rings (SSSR count). The highest BCUT2D eigenvalue weighted by Gasteiger charge is 2.14. The highest BCUT2D eigenvalue weighted by atomic mass is 19.1. The van der Waals surface area contributed by atoms with Gasteiger partial charge in [-0.05, 0) is 26.0 Å². The Morgan fingerprint density at radius 3 is 2.57 bits per heavy atom. The lowest BCUT2D eigenvalue weighted by molar-refractivity contribution is 0.102. The Bertz CT molecular complexity index is 683. The molecule has 21 heavy (non-hydrogen) atoms. The van der Waals surface area contributed by atoms with Crippen molar-refractivity contribution >= 4 is 11.7 Å². The lowest BCUT2D eigenvalue weighted by Gasteiger charge is -2.10. The number of benzene rings is 1. The zero-order valence-corrected chi connectivity index (χ0v) is 12.6. The lowest BCUT2D eigenvalue weighted by atomic mass is 10.1. The van der Waals surface area contributed by atoms with Gasteiger partial charge in [-0.15, -0.1) is 0 Å². The third-order valence-electron chi connectivity index (χ3n) is 3.00. The molecule has 1 N–H and O–H groups in total. The van der Waals surface area contributed by atoms with Crippen molar-refractivity contribution in [3.8, 4) is 0 Å². The molecule has 0 unspecified atom stereocenters. The van der Waals surface area contributed by atoms with E-state index in [9.17, 15) is 9.18 Å². The highest BCUT2D eigenvalue weighted by Crippen LogP contribution is 2.16. The number of hydrogen-bond acceptors (Lipinski definition) is 3. The van der Waals surface area contributed by atoms with Gasteiger partial charge in [0.2, 0.25) is 0 Å². The van der Waals surface area contributed by atoms with Crippen LogP contribution in [0.5, 0.6) is 0 Å². The first-order valence-corrected chi connectivity index (χ1v) is 6.80. The molecule has 1 amide bonds. The summed E-state index contributed by atoms with van der Waals surface area (Å²) in [5, 5.41) is 2.63. The summed E-state index contributed by atoms with van der Waals surface area (Å²) in [6, 6.07) is 6.09. The Hall–Kier alpha value is -2.30. The number of halogens is 1. The Balaban J connectivity index is 2.29. The van der Waals surface area contributed by atoms with Gasteiger partial charge in [-0.25, -0.2) is 14.4 Å². The summed E-state index contributed by atoms with van der Waals surface area (Å²) in [7, 11) is 0. The Morgan fingerprint density at radius 2 is 1.90 bits per heavy atom. The monoisotopic (exact) mass is 287 g/mol. The van der Waals surface area contributed by atoms with E-state index in [1.807, 2.05) is 27.7 Å². The summed E-state index contributed by atoms with van der Waals surface area (Å²) >= 11 is 0. The molecule has 110 valence electrons. The maximum atomic E-state index is 13.7. The standard InChI is InChI=1S/C16H18FN3O/c1-9(2)15-18-11(4)8-14(19-15)20-16(21)12-7-10(3)5-6-13(12)17/h5-9H,1-4H3,(H,18,19,20,21). The fraction of sp³-hybridized carbons (Fsp3) is 0.312. The van der Waals surface area contributed by atoms with Gasteiger partial charge in [-0.2, -0.15) is 0 Å². The summed E-state index contributed by atoms with van der Waals surface area (Å²) < 4.78 is 13.7. The second kappa shape index (κ2) is 5.99.